The lowest BCUT2D eigenvalue weighted by atomic mass is 10.2. The zero-order chi connectivity index (χ0) is 11.9. The maximum atomic E-state index is 11.4. The number of methoxy groups -OCH3 is 2. The van der Waals surface area contributed by atoms with Gasteiger partial charge in [-0.2, -0.15) is 0 Å². The molecule has 0 aliphatic rings. The molecule has 0 fully saturated rings. The van der Waals surface area contributed by atoms with Crippen LogP contribution in [0.2, 0.25) is 0 Å². The Morgan fingerprint density at radius 3 is 2.13 bits per heavy atom. The topological polar surface area (TPSA) is 64.6 Å². The van der Waals surface area contributed by atoms with Gasteiger partial charge in [-0.1, -0.05) is 13.8 Å². The van der Waals surface area contributed by atoms with E-state index in [4.69, 9.17) is 9.47 Å². The molecular weight excluding hydrogens is 218 g/mol. The van der Waals surface area contributed by atoms with E-state index < -0.39 is 16.3 Å². The van der Waals surface area contributed by atoms with Crippen LogP contribution < -0.4 is 4.72 Å². The Bertz CT molecular complexity index is 247. The van der Waals surface area contributed by atoms with Crippen molar-refractivity contribution in [1.29, 1.82) is 0 Å². The fourth-order valence-electron chi connectivity index (χ4n) is 0.921. The maximum absolute atomic E-state index is 11.4. The monoisotopic (exact) mass is 239 g/mol. The zero-order valence-electron chi connectivity index (χ0n) is 9.82. The van der Waals surface area contributed by atoms with E-state index in [1.165, 1.54) is 14.2 Å². The van der Waals surface area contributed by atoms with E-state index in [9.17, 15) is 8.42 Å². The van der Waals surface area contributed by atoms with Crippen LogP contribution >= 0.6 is 0 Å². The Balaban J connectivity index is 3.93. The van der Waals surface area contributed by atoms with Crippen molar-refractivity contribution in [2.75, 3.05) is 26.5 Å². The third kappa shape index (κ3) is 7.72. The third-order valence-electron chi connectivity index (χ3n) is 1.96. The molecule has 0 saturated carbocycles. The number of ether oxygens (including phenoxy) is 2. The van der Waals surface area contributed by atoms with Crippen molar-refractivity contribution in [3.05, 3.63) is 0 Å². The molecule has 0 saturated heterocycles. The van der Waals surface area contributed by atoms with Crippen molar-refractivity contribution in [1.82, 2.24) is 4.72 Å². The predicted molar refractivity (Wildman–Crippen MR) is 59.1 cm³/mol. The van der Waals surface area contributed by atoms with Crippen LogP contribution in [0.3, 0.4) is 0 Å². The largest absolute Gasteiger partial charge is 0.355 e. The Labute approximate surface area is 92.2 Å². The summed E-state index contributed by atoms with van der Waals surface area (Å²) in [5, 5.41) is 0. The molecule has 0 atom stereocenters. The predicted octanol–water partition coefficient (Wildman–Crippen LogP) is 0.571. The molecular formula is C9H21NO4S. The van der Waals surface area contributed by atoms with Gasteiger partial charge in [-0.3, -0.25) is 0 Å². The molecule has 0 amide bonds. The van der Waals surface area contributed by atoms with Gasteiger partial charge in [0.2, 0.25) is 10.0 Å². The first-order valence-electron chi connectivity index (χ1n) is 4.94. The van der Waals surface area contributed by atoms with Crippen molar-refractivity contribution in [3.8, 4) is 0 Å². The Hall–Kier alpha value is -0.170. The molecule has 0 spiro atoms. The molecule has 6 heteroatoms. The molecule has 0 unspecified atom stereocenters. The summed E-state index contributed by atoms with van der Waals surface area (Å²) in [6, 6.07) is 0. The second kappa shape index (κ2) is 7.16. The lowest BCUT2D eigenvalue weighted by molar-refractivity contribution is -0.0960. The van der Waals surface area contributed by atoms with E-state index in [-0.39, 0.29) is 12.3 Å². The van der Waals surface area contributed by atoms with Gasteiger partial charge in [-0.05, 0) is 12.3 Å². The minimum absolute atomic E-state index is 0.144. The molecule has 15 heavy (non-hydrogen) atoms. The van der Waals surface area contributed by atoms with E-state index in [1.54, 1.807) is 0 Å². The molecule has 0 aromatic rings. The van der Waals surface area contributed by atoms with Crippen LogP contribution in [0.5, 0.6) is 0 Å². The first-order valence-corrected chi connectivity index (χ1v) is 6.59. The molecule has 0 bridgehead atoms. The maximum Gasteiger partial charge on any atom is 0.211 e. The quantitative estimate of drug-likeness (QED) is 0.629. The number of nitrogens with one attached hydrogen (secondary N) is 1. The van der Waals surface area contributed by atoms with Crippen molar-refractivity contribution < 1.29 is 17.9 Å². The van der Waals surface area contributed by atoms with Gasteiger partial charge in [-0.15, -0.1) is 0 Å². The van der Waals surface area contributed by atoms with E-state index in [2.05, 4.69) is 4.72 Å². The summed E-state index contributed by atoms with van der Waals surface area (Å²) in [5.41, 5.74) is 0. The summed E-state index contributed by atoms with van der Waals surface area (Å²) in [5.74, 6) is 0.521. The average molecular weight is 239 g/mol. The molecule has 0 heterocycles. The van der Waals surface area contributed by atoms with E-state index in [1.807, 2.05) is 13.8 Å². The van der Waals surface area contributed by atoms with E-state index >= 15 is 0 Å². The highest BCUT2D eigenvalue weighted by atomic mass is 32.2. The first kappa shape index (κ1) is 14.8. The number of hydrogen-bond donors (Lipinski definition) is 1. The Kier molecular flexibility index (Phi) is 7.08. The lowest BCUT2D eigenvalue weighted by Gasteiger charge is -2.14. The highest BCUT2D eigenvalue weighted by molar-refractivity contribution is 7.89. The highest BCUT2D eigenvalue weighted by Gasteiger charge is 2.14. The summed E-state index contributed by atoms with van der Waals surface area (Å²) >= 11 is 0. The summed E-state index contributed by atoms with van der Waals surface area (Å²) < 4.78 is 35.1. The second-order valence-electron chi connectivity index (χ2n) is 3.75. The van der Waals surface area contributed by atoms with Crippen LogP contribution in [0, 0.1) is 5.92 Å². The van der Waals surface area contributed by atoms with E-state index in [0.29, 0.717) is 12.3 Å². The standard InChI is InChI=1S/C9H21NO4S/c1-8(2)5-6-15(11,12)10-7-9(13-3)14-4/h8-10H,5-7H2,1-4H3. The first-order chi connectivity index (χ1) is 6.91. The summed E-state index contributed by atoms with van der Waals surface area (Å²) in [7, 11) is -0.264. The number of sulfonamides is 1. The molecule has 5 nitrogen and oxygen atoms in total. The Morgan fingerprint density at radius 1 is 1.20 bits per heavy atom. The highest BCUT2D eigenvalue weighted by Crippen LogP contribution is 2.02. The molecule has 0 radical (unpaired) electrons. The van der Waals surface area contributed by atoms with Gasteiger partial charge >= 0.3 is 0 Å². The molecule has 0 aromatic heterocycles. The molecule has 0 aromatic carbocycles. The van der Waals surface area contributed by atoms with Gasteiger partial charge in [0.1, 0.15) is 0 Å². The molecule has 0 aliphatic heterocycles. The van der Waals surface area contributed by atoms with Crippen molar-refractivity contribution >= 4 is 10.0 Å². The number of rotatable bonds is 8. The molecule has 92 valence electrons. The minimum Gasteiger partial charge on any atom is -0.355 e. The molecule has 1 N–H and O–H groups in total. The second-order valence-corrected chi connectivity index (χ2v) is 5.68. The van der Waals surface area contributed by atoms with Gasteiger partial charge in [0.25, 0.3) is 0 Å². The smallest absolute Gasteiger partial charge is 0.211 e. The van der Waals surface area contributed by atoms with Crippen LogP contribution in [0.15, 0.2) is 0 Å². The SMILES string of the molecule is COC(CNS(=O)(=O)CCC(C)C)OC. The summed E-state index contributed by atoms with van der Waals surface area (Å²) in [4.78, 5) is 0. The Morgan fingerprint density at radius 2 is 1.73 bits per heavy atom. The average Bonchev–Trinajstić information content (AvgIpc) is 2.17. The zero-order valence-corrected chi connectivity index (χ0v) is 10.6. The van der Waals surface area contributed by atoms with Crippen LogP contribution in [-0.2, 0) is 19.5 Å². The normalized spacial score (nSPS) is 12.7. The van der Waals surface area contributed by atoms with E-state index in [0.717, 1.165) is 0 Å². The van der Waals surface area contributed by atoms with Gasteiger partial charge in [0.15, 0.2) is 6.29 Å². The minimum atomic E-state index is -3.20. The van der Waals surface area contributed by atoms with Crippen LogP contribution in [0.25, 0.3) is 0 Å². The fourth-order valence-corrected chi connectivity index (χ4v) is 2.24. The third-order valence-corrected chi connectivity index (χ3v) is 3.34. The van der Waals surface area contributed by atoms with Crippen molar-refractivity contribution in [3.63, 3.8) is 0 Å². The summed E-state index contributed by atoms with van der Waals surface area (Å²) in [6.07, 6.45) is 0.124. The van der Waals surface area contributed by atoms with Crippen LogP contribution in [0.4, 0.5) is 0 Å². The van der Waals surface area contributed by atoms with Gasteiger partial charge in [-0.25, -0.2) is 13.1 Å². The lowest BCUT2D eigenvalue weighted by Crippen LogP contribution is -2.35. The molecule has 0 rings (SSSR count). The van der Waals surface area contributed by atoms with Crippen molar-refractivity contribution in [2.45, 2.75) is 26.6 Å². The van der Waals surface area contributed by atoms with Crippen LogP contribution in [-0.4, -0.2) is 41.2 Å². The van der Waals surface area contributed by atoms with Gasteiger partial charge < -0.3 is 9.47 Å². The number of hydrogen-bond acceptors (Lipinski definition) is 4. The van der Waals surface area contributed by atoms with Gasteiger partial charge in [0, 0.05) is 14.2 Å². The van der Waals surface area contributed by atoms with Crippen molar-refractivity contribution in [2.24, 2.45) is 5.92 Å². The van der Waals surface area contributed by atoms with Gasteiger partial charge in [0.05, 0.1) is 12.3 Å². The fraction of sp³-hybridized carbons (Fsp3) is 1.00. The molecule has 0 aliphatic carbocycles. The van der Waals surface area contributed by atoms with Crippen LogP contribution in [0.1, 0.15) is 20.3 Å². The summed E-state index contributed by atoms with van der Waals surface area (Å²) in [6.45, 7) is 4.12.